The Labute approximate surface area is 203 Å². The van der Waals surface area contributed by atoms with Crippen molar-refractivity contribution in [3.05, 3.63) is 69.1 Å². The standard InChI is InChI=1S/C25H31F3N2O4S/c1-16-7-10-18-11-14-22(29-35(2,32)33)23(30(18)24(16)31)15-34-19-12-8-17(9-13-19)20-5-3-4-6-21(20)25(26,27)28/h3-7,10,17,19,22-23,29H,8-9,11-15H2,1-2H3. The number of aromatic nitrogens is 1. The number of pyridine rings is 1. The zero-order valence-electron chi connectivity index (χ0n) is 19.8. The third-order valence-electron chi connectivity index (χ3n) is 7.15. The number of hydrogen-bond acceptors (Lipinski definition) is 4. The van der Waals surface area contributed by atoms with Gasteiger partial charge in [-0.25, -0.2) is 13.1 Å². The van der Waals surface area contributed by atoms with Crippen LogP contribution in [0.3, 0.4) is 0 Å². The molecular formula is C25H31F3N2O4S. The number of ether oxygens (including phenoxy) is 1. The van der Waals surface area contributed by atoms with Crippen LogP contribution in [0.2, 0.25) is 0 Å². The Morgan fingerprint density at radius 2 is 1.74 bits per heavy atom. The number of benzene rings is 1. The van der Waals surface area contributed by atoms with Gasteiger partial charge in [0.1, 0.15) is 0 Å². The summed E-state index contributed by atoms with van der Waals surface area (Å²) in [4.78, 5) is 12.9. The molecule has 192 valence electrons. The number of alkyl halides is 3. The molecule has 2 heterocycles. The number of rotatable bonds is 6. The van der Waals surface area contributed by atoms with Crippen molar-refractivity contribution >= 4 is 10.0 Å². The van der Waals surface area contributed by atoms with Crippen molar-refractivity contribution in [2.24, 2.45) is 0 Å². The lowest BCUT2D eigenvalue weighted by molar-refractivity contribution is -0.138. The topological polar surface area (TPSA) is 77.4 Å². The summed E-state index contributed by atoms with van der Waals surface area (Å²) >= 11 is 0. The van der Waals surface area contributed by atoms with Gasteiger partial charge in [0.2, 0.25) is 10.0 Å². The van der Waals surface area contributed by atoms with E-state index in [1.807, 2.05) is 6.07 Å². The summed E-state index contributed by atoms with van der Waals surface area (Å²) in [7, 11) is -3.49. The zero-order valence-corrected chi connectivity index (χ0v) is 20.7. The van der Waals surface area contributed by atoms with Gasteiger partial charge in [0.15, 0.2) is 0 Å². The number of fused-ring (bicyclic) bond motifs is 1. The molecule has 1 fully saturated rings. The number of nitrogens with zero attached hydrogens (tertiary/aromatic N) is 1. The third-order valence-corrected chi connectivity index (χ3v) is 7.88. The van der Waals surface area contributed by atoms with Crippen LogP contribution in [0.1, 0.15) is 66.4 Å². The number of nitrogens with one attached hydrogen (secondary N) is 1. The average Bonchev–Trinajstić information content (AvgIpc) is 2.79. The molecule has 6 nitrogen and oxygen atoms in total. The monoisotopic (exact) mass is 512 g/mol. The molecule has 35 heavy (non-hydrogen) atoms. The second-order valence-corrected chi connectivity index (χ2v) is 11.5. The molecule has 2 atom stereocenters. The molecule has 4 rings (SSSR count). The average molecular weight is 513 g/mol. The molecule has 1 aliphatic carbocycles. The van der Waals surface area contributed by atoms with Crippen molar-refractivity contribution in [1.82, 2.24) is 9.29 Å². The Bertz CT molecular complexity index is 1220. The number of sulfonamides is 1. The van der Waals surface area contributed by atoms with Crippen LogP contribution < -0.4 is 10.3 Å². The number of aryl methyl sites for hydroxylation is 2. The molecule has 1 N–H and O–H groups in total. The maximum Gasteiger partial charge on any atom is 0.416 e. The van der Waals surface area contributed by atoms with Gasteiger partial charge >= 0.3 is 6.18 Å². The Kier molecular flexibility index (Phi) is 7.45. The van der Waals surface area contributed by atoms with E-state index in [1.54, 1.807) is 29.7 Å². The molecule has 10 heteroatoms. The van der Waals surface area contributed by atoms with Crippen LogP contribution in [0.25, 0.3) is 0 Å². The first-order valence-electron chi connectivity index (χ1n) is 11.9. The van der Waals surface area contributed by atoms with E-state index in [2.05, 4.69) is 4.72 Å². The fourth-order valence-electron chi connectivity index (χ4n) is 5.43. The molecule has 0 spiro atoms. The van der Waals surface area contributed by atoms with Crippen molar-refractivity contribution in [2.75, 3.05) is 12.9 Å². The van der Waals surface area contributed by atoms with E-state index in [1.165, 1.54) is 6.07 Å². The second-order valence-electron chi connectivity index (χ2n) is 9.68. The van der Waals surface area contributed by atoms with Gasteiger partial charge in [-0.2, -0.15) is 13.2 Å². The summed E-state index contributed by atoms with van der Waals surface area (Å²) in [6.45, 7) is 1.87. The predicted molar refractivity (Wildman–Crippen MR) is 127 cm³/mol. The molecule has 1 aliphatic heterocycles. The molecule has 1 aromatic carbocycles. The van der Waals surface area contributed by atoms with E-state index in [4.69, 9.17) is 4.74 Å². The largest absolute Gasteiger partial charge is 0.416 e. The minimum atomic E-state index is -4.38. The van der Waals surface area contributed by atoms with Crippen LogP contribution in [0.15, 0.2) is 41.2 Å². The lowest BCUT2D eigenvalue weighted by Gasteiger charge is -2.37. The van der Waals surface area contributed by atoms with Crippen LogP contribution in [0.5, 0.6) is 0 Å². The quantitative estimate of drug-likeness (QED) is 0.625. The van der Waals surface area contributed by atoms with Crippen LogP contribution >= 0.6 is 0 Å². The highest BCUT2D eigenvalue weighted by Gasteiger charge is 2.37. The lowest BCUT2D eigenvalue weighted by Crippen LogP contribution is -2.49. The lowest BCUT2D eigenvalue weighted by atomic mass is 9.81. The molecule has 0 saturated heterocycles. The first-order valence-corrected chi connectivity index (χ1v) is 13.8. The van der Waals surface area contributed by atoms with Gasteiger partial charge in [-0.15, -0.1) is 0 Å². The smallest absolute Gasteiger partial charge is 0.376 e. The molecule has 1 saturated carbocycles. The Balaban J connectivity index is 1.47. The van der Waals surface area contributed by atoms with Gasteiger partial charge in [-0.1, -0.05) is 24.3 Å². The van der Waals surface area contributed by atoms with Gasteiger partial charge < -0.3 is 9.30 Å². The number of hydrogen-bond donors (Lipinski definition) is 1. The Morgan fingerprint density at radius 1 is 1.06 bits per heavy atom. The summed E-state index contributed by atoms with van der Waals surface area (Å²) in [5.41, 5.74) is 1.01. The summed E-state index contributed by atoms with van der Waals surface area (Å²) < 4.78 is 74.7. The normalized spacial score (nSPS) is 25.3. The molecule has 0 radical (unpaired) electrons. The summed E-state index contributed by atoms with van der Waals surface area (Å²) in [6, 6.07) is 8.43. The SMILES string of the molecule is Cc1ccc2n(c1=O)C(COC1CCC(c3ccccc3C(F)(F)F)CC1)C(NS(C)(=O)=O)CC2. The highest BCUT2D eigenvalue weighted by molar-refractivity contribution is 7.88. The van der Waals surface area contributed by atoms with E-state index in [9.17, 15) is 26.4 Å². The van der Waals surface area contributed by atoms with E-state index >= 15 is 0 Å². The van der Waals surface area contributed by atoms with Gasteiger partial charge in [0.05, 0.1) is 30.6 Å². The highest BCUT2D eigenvalue weighted by atomic mass is 32.2. The molecule has 0 amide bonds. The molecule has 2 aromatic rings. The second kappa shape index (κ2) is 10.1. The van der Waals surface area contributed by atoms with Crippen LogP contribution in [-0.2, 0) is 27.4 Å². The van der Waals surface area contributed by atoms with Gasteiger partial charge in [0.25, 0.3) is 5.56 Å². The predicted octanol–water partition coefficient (Wildman–Crippen LogP) is 4.32. The Morgan fingerprint density at radius 3 is 2.40 bits per heavy atom. The highest BCUT2D eigenvalue weighted by Crippen LogP contribution is 2.41. The molecule has 1 aromatic heterocycles. The first kappa shape index (κ1) is 25.9. The summed E-state index contributed by atoms with van der Waals surface area (Å²) in [5.74, 6) is -0.187. The van der Waals surface area contributed by atoms with E-state index in [0.29, 0.717) is 49.7 Å². The maximum absolute atomic E-state index is 13.4. The third kappa shape index (κ3) is 5.98. The van der Waals surface area contributed by atoms with Gasteiger partial charge in [0, 0.05) is 17.3 Å². The van der Waals surface area contributed by atoms with Crippen molar-refractivity contribution in [3.63, 3.8) is 0 Å². The molecule has 2 unspecified atom stereocenters. The fraction of sp³-hybridized carbons (Fsp3) is 0.560. The molecular weight excluding hydrogens is 481 g/mol. The zero-order chi connectivity index (χ0) is 25.4. The number of halogens is 3. The summed E-state index contributed by atoms with van der Waals surface area (Å²) in [5, 5.41) is 0. The fourth-order valence-corrected chi connectivity index (χ4v) is 6.25. The van der Waals surface area contributed by atoms with Crippen LogP contribution in [-0.4, -0.2) is 38.0 Å². The van der Waals surface area contributed by atoms with Crippen molar-refractivity contribution in [3.8, 4) is 0 Å². The van der Waals surface area contributed by atoms with Crippen LogP contribution in [0.4, 0.5) is 13.2 Å². The minimum absolute atomic E-state index is 0.151. The maximum atomic E-state index is 13.4. The van der Waals surface area contributed by atoms with Gasteiger partial charge in [-0.05, 0) is 69.1 Å². The molecule has 2 aliphatic rings. The van der Waals surface area contributed by atoms with E-state index in [-0.39, 0.29) is 24.2 Å². The van der Waals surface area contributed by atoms with E-state index < -0.39 is 33.8 Å². The van der Waals surface area contributed by atoms with Crippen LogP contribution in [0, 0.1) is 6.92 Å². The summed E-state index contributed by atoms with van der Waals surface area (Å²) in [6.07, 6.45) is 0.0195. The Hall–Kier alpha value is -2.17. The van der Waals surface area contributed by atoms with Crippen molar-refractivity contribution in [2.45, 2.75) is 75.7 Å². The van der Waals surface area contributed by atoms with E-state index in [0.717, 1.165) is 18.0 Å². The van der Waals surface area contributed by atoms with Crippen molar-refractivity contribution < 1.29 is 26.3 Å². The van der Waals surface area contributed by atoms with Gasteiger partial charge in [-0.3, -0.25) is 4.79 Å². The minimum Gasteiger partial charge on any atom is -0.376 e. The van der Waals surface area contributed by atoms with Crippen molar-refractivity contribution in [1.29, 1.82) is 0 Å². The first-order chi connectivity index (χ1) is 16.4. The molecule has 0 bridgehead atoms.